The van der Waals surface area contributed by atoms with Crippen LogP contribution in [0.4, 0.5) is 4.39 Å². The van der Waals surface area contributed by atoms with E-state index < -0.39 is 35.3 Å². The average molecular weight is 338 g/mol. The van der Waals surface area contributed by atoms with Gasteiger partial charge in [-0.25, -0.2) is 4.39 Å². The predicted octanol–water partition coefficient (Wildman–Crippen LogP) is 1.85. The van der Waals surface area contributed by atoms with Gasteiger partial charge in [0.05, 0.1) is 25.1 Å². The highest BCUT2D eigenvalue weighted by Crippen LogP contribution is 2.52. The van der Waals surface area contributed by atoms with E-state index in [1.54, 1.807) is 18.2 Å². The Hall–Kier alpha value is -1.92. The molecule has 1 spiro atoms. The highest BCUT2D eigenvalue weighted by atomic mass is 35.5. The number of hydrogen-bond acceptors (Lipinski definition) is 3. The zero-order valence-corrected chi connectivity index (χ0v) is 12.7. The number of hydrogen-bond donors (Lipinski definition) is 1. The smallest absolute Gasteiger partial charge is 0.310 e. The Kier molecular flexibility index (Phi) is 3.05. The standard InChI is InChI=1S/C16H13ClFNO4/c17-9-2-1-3-10(18)8(9)6-19-7-16-5-4-11(23-16)12(15(21)22)13(16)14(19)20/h1-5,11-13H,6-7H2,(H,21,22)/t11-,12+,13+,16+/m0/s1. The van der Waals surface area contributed by atoms with Crippen LogP contribution in [0.25, 0.3) is 0 Å². The third kappa shape index (κ3) is 1.95. The fourth-order valence-corrected chi connectivity index (χ4v) is 4.09. The van der Waals surface area contributed by atoms with E-state index in [9.17, 15) is 19.1 Å². The van der Waals surface area contributed by atoms with E-state index in [1.165, 1.54) is 17.0 Å². The van der Waals surface area contributed by atoms with Crippen molar-refractivity contribution in [3.05, 3.63) is 46.8 Å². The minimum atomic E-state index is -1.05. The molecule has 1 N–H and O–H groups in total. The maximum absolute atomic E-state index is 13.9. The van der Waals surface area contributed by atoms with Gasteiger partial charge in [0.1, 0.15) is 17.3 Å². The summed E-state index contributed by atoms with van der Waals surface area (Å²) in [5.74, 6) is -3.53. The van der Waals surface area contributed by atoms with Gasteiger partial charge in [-0.3, -0.25) is 9.59 Å². The van der Waals surface area contributed by atoms with Gasteiger partial charge in [-0.15, -0.1) is 0 Å². The maximum atomic E-state index is 13.9. The molecule has 120 valence electrons. The molecule has 0 aliphatic carbocycles. The van der Waals surface area contributed by atoms with Crippen molar-refractivity contribution in [2.24, 2.45) is 11.8 Å². The summed E-state index contributed by atoms with van der Waals surface area (Å²) >= 11 is 6.01. The van der Waals surface area contributed by atoms with Gasteiger partial charge in [0.25, 0.3) is 0 Å². The van der Waals surface area contributed by atoms with Crippen LogP contribution in [0.1, 0.15) is 5.56 Å². The topological polar surface area (TPSA) is 66.8 Å². The minimum Gasteiger partial charge on any atom is -0.481 e. The van der Waals surface area contributed by atoms with Crippen LogP contribution < -0.4 is 0 Å². The SMILES string of the molecule is O=C(O)[C@@H]1[C@@H]2C=C[C@]3(CN(Cc4c(F)cccc4Cl)C(=O)[C@@H]13)O2. The lowest BCUT2D eigenvalue weighted by atomic mass is 9.77. The second kappa shape index (κ2) is 4.79. The largest absolute Gasteiger partial charge is 0.481 e. The average Bonchev–Trinajstić information content (AvgIpc) is 3.12. The van der Waals surface area contributed by atoms with Crippen LogP contribution in [0.5, 0.6) is 0 Å². The number of likely N-dealkylation sites (tertiary alicyclic amines) is 1. The highest BCUT2D eigenvalue weighted by molar-refractivity contribution is 6.31. The molecule has 5 nitrogen and oxygen atoms in total. The molecule has 4 rings (SSSR count). The molecule has 0 radical (unpaired) electrons. The van der Waals surface area contributed by atoms with Crippen LogP contribution >= 0.6 is 11.6 Å². The van der Waals surface area contributed by atoms with Crippen molar-refractivity contribution in [3.63, 3.8) is 0 Å². The first-order chi connectivity index (χ1) is 10.9. The lowest BCUT2D eigenvalue weighted by molar-refractivity contribution is -0.148. The third-order valence-corrected chi connectivity index (χ3v) is 5.23. The number of amides is 1. The molecule has 2 saturated heterocycles. The van der Waals surface area contributed by atoms with Crippen molar-refractivity contribution in [2.45, 2.75) is 18.2 Å². The second-order valence-electron chi connectivity index (χ2n) is 6.13. The second-order valence-corrected chi connectivity index (χ2v) is 6.54. The van der Waals surface area contributed by atoms with Crippen molar-refractivity contribution < 1.29 is 23.8 Å². The highest BCUT2D eigenvalue weighted by Gasteiger charge is 2.67. The molecule has 2 bridgehead atoms. The number of fused-ring (bicyclic) bond motifs is 1. The van der Waals surface area contributed by atoms with E-state index in [0.29, 0.717) is 0 Å². The maximum Gasteiger partial charge on any atom is 0.310 e. The van der Waals surface area contributed by atoms with Crippen LogP contribution in [0.2, 0.25) is 5.02 Å². The van der Waals surface area contributed by atoms with Gasteiger partial charge >= 0.3 is 5.97 Å². The van der Waals surface area contributed by atoms with Gasteiger partial charge in [0, 0.05) is 10.6 Å². The van der Waals surface area contributed by atoms with Crippen molar-refractivity contribution in [3.8, 4) is 0 Å². The van der Waals surface area contributed by atoms with Crippen LogP contribution in [-0.2, 0) is 20.9 Å². The summed E-state index contributed by atoms with van der Waals surface area (Å²) in [6.45, 7) is 0.203. The number of carbonyl (C=O) groups is 2. The number of carbonyl (C=O) groups excluding carboxylic acids is 1. The molecule has 2 fully saturated rings. The van der Waals surface area contributed by atoms with E-state index in [-0.39, 0.29) is 29.6 Å². The monoisotopic (exact) mass is 337 g/mol. The summed E-state index contributed by atoms with van der Waals surface area (Å²) in [5.41, 5.74) is -0.688. The van der Waals surface area contributed by atoms with Crippen molar-refractivity contribution in [1.29, 1.82) is 0 Å². The van der Waals surface area contributed by atoms with E-state index in [2.05, 4.69) is 0 Å². The first-order valence-electron chi connectivity index (χ1n) is 7.24. The van der Waals surface area contributed by atoms with Crippen molar-refractivity contribution >= 4 is 23.5 Å². The van der Waals surface area contributed by atoms with Gasteiger partial charge in [-0.05, 0) is 12.1 Å². The Morgan fingerprint density at radius 3 is 3.00 bits per heavy atom. The van der Waals surface area contributed by atoms with Crippen LogP contribution in [0.15, 0.2) is 30.4 Å². The molecule has 7 heteroatoms. The van der Waals surface area contributed by atoms with Gasteiger partial charge in [0.15, 0.2) is 0 Å². The molecule has 4 atom stereocenters. The van der Waals surface area contributed by atoms with E-state index >= 15 is 0 Å². The molecule has 3 aliphatic rings. The quantitative estimate of drug-likeness (QED) is 0.855. The molecule has 3 heterocycles. The van der Waals surface area contributed by atoms with Gasteiger partial charge in [-0.1, -0.05) is 29.8 Å². The zero-order chi connectivity index (χ0) is 16.4. The molecule has 1 amide bonds. The Bertz CT molecular complexity index is 731. The minimum absolute atomic E-state index is 0.00318. The van der Waals surface area contributed by atoms with E-state index in [4.69, 9.17) is 16.3 Å². The number of carboxylic acid groups (broad SMARTS) is 1. The number of carboxylic acids is 1. The lowest BCUT2D eigenvalue weighted by Gasteiger charge is -2.22. The van der Waals surface area contributed by atoms with E-state index in [1.807, 2.05) is 0 Å². The molecular weight excluding hydrogens is 325 g/mol. The van der Waals surface area contributed by atoms with Gasteiger partial charge in [-0.2, -0.15) is 0 Å². The predicted molar refractivity (Wildman–Crippen MR) is 78.2 cm³/mol. The molecule has 1 aromatic carbocycles. The van der Waals surface area contributed by atoms with Crippen molar-refractivity contribution in [1.82, 2.24) is 4.90 Å². The number of aliphatic carboxylic acids is 1. The summed E-state index contributed by atoms with van der Waals surface area (Å²) in [6, 6.07) is 4.33. The number of nitrogens with zero attached hydrogens (tertiary/aromatic N) is 1. The molecule has 0 saturated carbocycles. The van der Waals surface area contributed by atoms with Crippen LogP contribution in [0.3, 0.4) is 0 Å². The molecule has 0 unspecified atom stereocenters. The third-order valence-electron chi connectivity index (χ3n) is 4.87. The molecular formula is C16H13ClFNO4. The summed E-state index contributed by atoms with van der Waals surface area (Å²) in [6.07, 6.45) is 2.89. The number of benzene rings is 1. The Morgan fingerprint density at radius 1 is 1.52 bits per heavy atom. The van der Waals surface area contributed by atoms with Crippen molar-refractivity contribution in [2.75, 3.05) is 6.54 Å². The molecule has 0 aromatic heterocycles. The van der Waals surface area contributed by atoms with E-state index in [0.717, 1.165) is 0 Å². The first-order valence-corrected chi connectivity index (χ1v) is 7.62. The van der Waals surface area contributed by atoms with Crippen LogP contribution in [-0.4, -0.2) is 40.1 Å². The molecule has 23 heavy (non-hydrogen) atoms. The lowest BCUT2D eigenvalue weighted by Crippen LogP contribution is -2.39. The summed E-state index contributed by atoms with van der Waals surface area (Å²) in [5, 5.41) is 9.63. The molecule has 3 aliphatic heterocycles. The zero-order valence-electron chi connectivity index (χ0n) is 11.9. The Labute approximate surface area is 136 Å². The Morgan fingerprint density at radius 2 is 2.30 bits per heavy atom. The summed E-state index contributed by atoms with van der Waals surface area (Å²) in [7, 11) is 0. The number of rotatable bonds is 3. The van der Waals surface area contributed by atoms with Gasteiger partial charge < -0.3 is 14.7 Å². The fraction of sp³-hybridized carbons (Fsp3) is 0.375. The fourth-order valence-electron chi connectivity index (χ4n) is 3.87. The summed E-state index contributed by atoms with van der Waals surface area (Å²) in [4.78, 5) is 25.6. The summed E-state index contributed by atoms with van der Waals surface area (Å²) < 4.78 is 19.7. The first kappa shape index (κ1) is 14.7. The Balaban J connectivity index is 1.66. The molecule has 1 aromatic rings. The number of ether oxygens (including phenoxy) is 1. The normalized spacial score (nSPS) is 34.3. The van der Waals surface area contributed by atoms with Crippen LogP contribution in [0, 0.1) is 17.7 Å². The number of halogens is 2. The van der Waals surface area contributed by atoms with Gasteiger partial charge in [0.2, 0.25) is 5.91 Å².